The Hall–Kier alpha value is -4.94. The fraction of sp³-hybridized carbons (Fsp3) is 0.289. The Morgan fingerprint density at radius 3 is 1.71 bits per heavy atom. The molecule has 268 valence electrons. The number of hydrogen-bond donors (Lipinski definition) is 2. The number of methoxy groups -OCH3 is 1. The quantitative estimate of drug-likeness (QED) is 0.169. The Morgan fingerprint density at radius 1 is 0.686 bits per heavy atom. The van der Waals surface area contributed by atoms with Gasteiger partial charge in [-0.15, -0.1) is 0 Å². The number of aromatic carboxylic acids is 1. The van der Waals surface area contributed by atoms with Crippen molar-refractivity contribution >= 4 is 57.2 Å². The summed E-state index contributed by atoms with van der Waals surface area (Å²) in [6.07, 6.45) is 3.73. The lowest BCUT2D eigenvalue weighted by Gasteiger charge is -2.22. The van der Waals surface area contributed by atoms with Crippen LogP contribution in [0, 0.1) is 68.2 Å². The lowest BCUT2D eigenvalue weighted by atomic mass is 9.92. The first kappa shape index (κ1) is 38.9. The summed E-state index contributed by atoms with van der Waals surface area (Å²) in [6.45, 7) is 14.6. The van der Waals surface area contributed by atoms with E-state index in [0.29, 0.717) is 38.9 Å². The van der Waals surface area contributed by atoms with Crippen molar-refractivity contribution in [3.8, 4) is 23.0 Å². The fourth-order valence-electron chi connectivity index (χ4n) is 5.95. The van der Waals surface area contributed by atoms with E-state index in [4.69, 9.17) is 30.5 Å². The lowest BCUT2D eigenvalue weighted by molar-refractivity contribution is -0.137. The summed E-state index contributed by atoms with van der Waals surface area (Å²) >= 11 is 9.97. The van der Waals surface area contributed by atoms with Gasteiger partial charge in [-0.05, 0) is 134 Å². The molecule has 0 aliphatic heterocycles. The maximum atomic E-state index is 13.7. The Bertz CT molecular complexity index is 2050. The van der Waals surface area contributed by atoms with Gasteiger partial charge in [0, 0.05) is 6.08 Å². The highest BCUT2D eigenvalue weighted by Crippen LogP contribution is 2.44. The van der Waals surface area contributed by atoms with E-state index >= 15 is 0 Å². The molecule has 0 bridgehead atoms. The minimum absolute atomic E-state index is 0.0417. The third kappa shape index (κ3) is 6.90. The molecule has 3 aromatic carbocycles. The first-order valence-electron chi connectivity index (χ1n) is 15.5. The van der Waals surface area contributed by atoms with E-state index in [2.05, 4.69) is 15.9 Å². The standard InChI is InChI=1S/C38H36BrClO11/c1-14-18(5)32(19(6)15(2)26(14)35(43)44)49-37(46)27-16(3)21(8)34(30(40)22(27)9)51-38(47)28-17(4)20(7)33(29(39)31(28)42)50-36(45)24-12-11-23(41)13-25(24)48-10/h11-13,24,42H,1-10H3,(H,43,44). The molecule has 0 fully saturated rings. The van der Waals surface area contributed by atoms with Gasteiger partial charge in [0.2, 0.25) is 0 Å². The number of aromatic hydroxyl groups is 1. The number of phenols is 1. The van der Waals surface area contributed by atoms with Crippen LogP contribution in [-0.2, 0) is 14.3 Å². The number of carboxylic acid groups (broad SMARTS) is 1. The highest BCUT2D eigenvalue weighted by molar-refractivity contribution is 9.10. The number of hydrogen-bond acceptors (Lipinski definition) is 10. The number of halogens is 2. The summed E-state index contributed by atoms with van der Waals surface area (Å²) in [5.41, 5.74) is 3.63. The molecular formula is C38H36BrClO11. The van der Waals surface area contributed by atoms with E-state index in [9.17, 15) is 34.2 Å². The van der Waals surface area contributed by atoms with Crippen LogP contribution in [0.1, 0.15) is 81.1 Å². The van der Waals surface area contributed by atoms with Crippen LogP contribution in [0.2, 0.25) is 5.02 Å². The summed E-state index contributed by atoms with van der Waals surface area (Å²) in [5.74, 6) is -5.26. The maximum Gasteiger partial charge on any atom is 0.347 e. The van der Waals surface area contributed by atoms with Gasteiger partial charge in [-0.1, -0.05) is 17.7 Å². The summed E-state index contributed by atoms with van der Waals surface area (Å²) < 4.78 is 22.3. The molecule has 2 N–H and O–H groups in total. The van der Waals surface area contributed by atoms with E-state index in [-0.39, 0.29) is 66.1 Å². The number of phenolic OH excluding ortho intramolecular Hbond substituents is 1. The van der Waals surface area contributed by atoms with Crippen LogP contribution in [-0.4, -0.2) is 47.0 Å². The second-order valence-corrected chi connectivity index (χ2v) is 13.4. The summed E-state index contributed by atoms with van der Waals surface area (Å²) in [5, 5.41) is 20.8. The molecular weight excluding hydrogens is 748 g/mol. The zero-order chi connectivity index (χ0) is 38.4. The topological polar surface area (TPSA) is 163 Å². The zero-order valence-corrected chi connectivity index (χ0v) is 32.0. The molecule has 3 aromatic rings. The molecule has 0 radical (unpaired) electrons. The number of carbonyl (C=O) groups is 5. The second-order valence-electron chi connectivity index (χ2n) is 12.2. The fourth-order valence-corrected chi connectivity index (χ4v) is 6.80. The Morgan fingerprint density at radius 2 is 1.16 bits per heavy atom. The molecule has 0 saturated carbocycles. The van der Waals surface area contributed by atoms with Gasteiger partial charge in [-0.25, -0.2) is 14.4 Å². The summed E-state index contributed by atoms with van der Waals surface area (Å²) in [7, 11) is 1.32. The molecule has 0 heterocycles. The summed E-state index contributed by atoms with van der Waals surface area (Å²) in [6, 6.07) is 0. The summed E-state index contributed by atoms with van der Waals surface area (Å²) in [4.78, 5) is 64.0. The molecule has 0 spiro atoms. The predicted molar refractivity (Wildman–Crippen MR) is 192 cm³/mol. The lowest BCUT2D eigenvalue weighted by Crippen LogP contribution is -2.25. The number of carboxylic acids is 1. The molecule has 11 nitrogen and oxygen atoms in total. The van der Waals surface area contributed by atoms with E-state index in [1.807, 2.05) is 0 Å². The van der Waals surface area contributed by atoms with Crippen molar-refractivity contribution in [2.75, 3.05) is 7.11 Å². The molecule has 51 heavy (non-hydrogen) atoms. The van der Waals surface area contributed by atoms with Gasteiger partial charge < -0.3 is 29.2 Å². The van der Waals surface area contributed by atoms with E-state index in [0.717, 1.165) is 0 Å². The number of esters is 3. The van der Waals surface area contributed by atoms with Crippen LogP contribution in [0.3, 0.4) is 0 Å². The van der Waals surface area contributed by atoms with E-state index in [1.54, 1.807) is 55.4 Å². The van der Waals surface area contributed by atoms with Crippen LogP contribution >= 0.6 is 27.5 Å². The van der Waals surface area contributed by atoms with Crippen LogP contribution in [0.25, 0.3) is 0 Å². The Kier molecular flexibility index (Phi) is 11.2. The van der Waals surface area contributed by atoms with Crippen molar-refractivity contribution in [1.29, 1.82) is 0 Å². The normalized spacial score (nSPS) is 13.8. The smallest absolute Gasteiger partial charge is 0.347 e. The molecule has 0 aromatic heterocycles. The van der Waals surface area contributed by atoms with Crippen molar-refractivity contribution < 1.29 is 53.1 Å². The molecule has 0 saturated heterocycles. The first-order chi connectivity index (χ1) is 23.8. The molecule has 0 amide bonds. The molecule has 1 aliphatic rings. The van der Waals surface area contributed by atoms with Gasteiger partial charge >= 0.3 is 23.9 Å². The number of ketones is 1. The number of allylic oxidation sites excluding steroid dienone is 2. The molecule has 13 heteroatoms. The Labute approximate surface area is 307 Å². The largest absolute Gasteiger partial charge is 0.506 e. The maximum absolute atomic E-state index is 13.7. The molecule has 1 atom stereocenters. The number of ether oxygens (including phenoxy) is 4. The van der Waals surface area contributed by atoms with Gasteiger partial charge in [0.05, 0.1) is 23.3 Å². The van der Waals surface area contributed by atoms with Gasteiger partial charge in [0.1, 0.15) is 33.2 Å². The Balaban J connectivity index is 1.68. The first-order valence-corrected chi connectivity index (χ1v) is 16.7. The van der Waals surface area contributed by atoms with Crippen molar-refractivity contribution in [1.82, 2.24) is 0 Å². The van der Waals surface area contributed by atoms with Gasteiger partial charge in [-0.3, -0.25) is 9.59 Å². The average Bonchev–Trinajstić information content (AvgIpc) is 3.07. The number of benzene rings is 3. The highest BCUT2D eigenvalue weighted by Gasteiger charge is 2.33. The van der Waals surface area contributed by atoms with Crippen LogP contribution in [0.4, 0.5) is 0 Å². The minimum atomic E-state index is -1.08. The van der Waals surface area contributed by atoms with Crippen molar-refractivity contribution in [3.63, 3.8) is 0 Å². The minimum Gasteiger partial charge on any atom is -0.506 e. The second kappa shape index (κ2) is 14.7. The monoisotopic (exact) mass is 782 g/mol. The predicted octanol–water partition coefficient (Wildman–Crippen LogP) is 7.91. The highest BCUT2D eigenvalue weighted by atomic mass is 79.9. The third-order valence-corrected chi connectivity index (χ3v) is 10.6. The molecule has 1 unspecified atom stereocenters. The van der Waals surface area contributed by atoms with E-state index < -0.39 is 35.5 Å². The van der Waals surface area contributed by atoms with Crippen molar-refractivity contribution in [2.45, 2.75) is 62.3 Å². The van der Waals surface area contributed by atoms with E-state index in [1.165, 1.54) is 32.3 Å². The average molecular weight is 784 g/mol. The van der Waals surface area contributed by atoms with Gasteiger partial charge in [-0.2, -0.15) is 0 Å². The van der Waals surface area contributed by atoms with Crippen molar-refractivity contribution in [2.24, 2.45) is 5.92 Å². The SMILES string of the molecule is COC1=CC(=O)C=CC1C(=O)Oc1c(C)c(C)c(C(=O)Oc2c(C)c(C)c(C(=O)Oc3c(C)c(C)c(C(=O)O)c(C)c3C)c(C)c2Cl)c(O)c1Br. The van der Waals surface area contributed by atoms with Gasteiger partial charge in [0.15, 0.2) is 17.3 Å². The molecule has 1 aliphatic carbocycles. The van der Waals surface area contributed by atoms with Crippen LogP contribution in [0.15, 0.2) is 28.5 Å². The third-order valence-electron chi connectivity index (χ3n) is 9.41. The zero-order valence-electron chi connectivity index (χ0n) is 29.6. The van der Waals surface area contributed by atoms with Crippen LogP contribution in [0.5, 0.6) is 23.0 Å². The van der Waals surface area contributed by atoms with Crippen LogP contribution < -0.4 is 14.2 Å². The number of rotatable bonds is 8. The number of carbonyl (C=O) groups excluding carboxylic acids is 4. The molecule has 4 rings (SSSR count). The van der Waals surface area contributed by atoms with Crippen molar-refractivity contribution in [3.05, 3.63) is 100 Å². The van der Waals surface area contributed by atoms with Gasteiger partial charge in [0.25, 0.3) is 0 Å².